The molecule has 4 rings (SSSR count). The fourth-order valence-corrected chi connectivity index (χ4v) is 3.09. The summed E-state index contributed by atoms with van der Waals surface area (Å²) >= 11 is 0. The molecule has 3 aromatic carbocycles. The highest BCUT2D eigenvalue weighted by Gasteiger charge is 2.22. The summed E-state index contributed by atoms with van der Waals surface area (Å²) in [5.41, 5.74) is 2.96. The van der Waals surface area contributed by atoms with Gasteiger partial charge in [0, 0.05) is 0 Å². The van der Waals surface area contributed by atoms with Crippen molar-refractivity contribution in [2.45, 2.75) is 12.5 Å². The van der Waals surface area contributed by atoms with Gasteiger partial charge < -0.3 is 10.6 Å². The van der Waals surface area contributed by atoms with Crippen molar-refractivity contribution in [2.24, 2.45) is 0 Å². The minimum Gasteiger partial charge on any atom is -0.376 e. The number of rotatable bonds is 1. The normalized spacial score (nSPS) is 17.3. The second kappa shape index (κ2) is 5.19. The van der Waals surface area contributed by atoms with Gasteiger partial charge in [-0.05, 0) is 28.5 Å². The zero-order chi connectivity index (χ0) is 14.9. The van der Waals surface area contributed by atoms with Crippen LogP contribution in [0.25, 0.3) is 10.8 Å². The molecule has 0 fully saturated rings. The first-order chi connectivity index (χ1) is 10.8. The number of nitrogens with one attached hydrogen (secondary N) is 2. The maximum Gasteiger partial charge on any atom is 0.226 e. The van der Waals surface area contributed by atoms with Gasteiger partial charge >= 0.3 is 0 Å². The lowest BCUT2D eigenvalue weighted by molar-refractivity contribution is -0.116. The fraction of sp³-hybridized carbons (Fsp3) is 0.105. The summed E-state index contributed by atoms with van der Waals surface area (Å²) in [6.07, 6.45) is 0.419. The zero-order valence-corrected chi connectivity index (χ0v) is 12.0. The van der Waals surface area contributed by atoms with Gasteiger partial charge in [-0.1, -0.05) is 54.6 Å². The van der Waals surface area contributed by atoms with E-state index in [4.69, 9.17) is 0 Å². The molecule has 0 spiro atoms. The molecule has 108 valence electrons. The van der Waals surface area contributed by atoms with Gasteiger partial charge in [0.2, 0.25) is 5.91 Å². The number of carbonyl (C=O) groups is 1. The third-order valence-corrected chi connectivity index (χ3v) is 4.12. The number of fused-ring (bicyclic) bond motifs is 2. The Morgan fingerprint density at radius 2 is 1.55 bits per heavy atom. The predicted octanol–water partition coefficient (Wildman–Crippen LogP) is 4.34. The van der Waals surface area contributed by atoms with Crippen molar-refractivity contribution in [3.05, 3.63) is 72.3 Å². The molecule has 0 saturated carbocycles. The van der Waals surface area contributed by atoms with E-state index < -0.39 is 0 Å². The monoisotopic (exact) mass is 288 g/mol. The van der Waals surface area contributed by atoms with Crippen LogP contribution in [0.2, 0.25) is 0 Å². The Morgan fingerprint density at radius 3 is 2.45 bits per heavy atom. The predicted molar refractivity (Wildman–Crippen MR) is 90.0 cm³/mol. The molecule has 0 aromatic heterocycles. The highest BCUT2D eigenvalue weighted by Crippen LogP contribution is 2.34. The van der Waals surface area contributed by atoms with Crippen LogP contribution in [0.15, 0.2) is 66.7 Å². The molecule has 3 aromatic rings. The van der Waals surface area contributed by atoms with E-state index in [-0.39, 0.29) is 11.9 Å². The number of carbonyl (C=O) groups excluding carboxylic acids is 1. The summed E-state index contributed by atoms with van der Waals surface area (Å²) in [6, 6.07) is 22.3. The number of hydrogen-bond acceptors (Lipinski definition) is 2. The van der Waals surface area contributed by atoms with Gasteiger partial charge in [-0.3, -0.25) is 4.79 Å². The summed E-state index contributed by atoms with van der Waals surface area (Å²) in [7, 11) is 0. The second-order valence-corrected chi connectivity index (χ2v) is 5.56. The summed E-state index contributed by atoms with van der Waals surface area (Å²) in [5, 5.41) is 8.87. The molecule has 0 saturated heterocycles. The first kappa shape index (κ1) is 12.9. The highest BCUT2D eigenvalue weighted by atomic mass is 16.1. The third-order valence-electron chi connectivity index (χ3n) is 4.12. The average Bonchev–Trinajstić information content (AvgIpc) is 2.72. The highest BCUT2D eigenvalue weighted by molar-refractivity contribution is 5.97. The van der Waals surface area contributed by atoms with E-state index in [9.17, 15) is 4.79 Å². The van der Waals surface area contributed by atoms with Gasteiger partial charge in [-0.2, -0.15) is 0 Å². The van der Waals surface area contributed by atoms with Gasteiger partial charge in [0.15, 0.2) is 0 Å². The van der Waals surface area contributed by atoms with Gasteiger partial charge in [-0.25, -0.2) is 0 Å². The van der Waals surface area contributed by atoms with Crippen LogP contribution in [0.1, 0.15) is 18.0 Å². The molecule has 1 amide bonds. The van der Waals surface area contributed by atoms with E-state index in [1.165, 1.54) is 10.8 Å². The molecule has 2 N–H and O–H groups in total. The Labute approximate surface area is 129 Å². The van der Waals surface area contributed by atoms with Crippen LogP contribution in [0, 0.1) is 0 Å². The van der Waals surface area contributed by atoms with E-state index >= 15 is 0 Å². The molecule has 1 heterocycles. The average molecular weight is 288 g/mol. The Balaban J connectivity index is 1.83. The maximum atomic E-state index is 12.2. The van der Waals surface area contributed by atoms with Crippen molar-refractivity contribution in [3.8, 4) is 0 Å². The van der Waals surface area contributed by atoms with Gasteiger partial charge in [0.1, 0.15) is 0 Å². The van der Waals surface area contributed by atoms with Crippen LogP contribution in [0.4, 0.5) is 11.4 Å². The molecule has 1 aliphatic rings. The Morgan fingerprint density at radius 1 is 0.818 bits per heavy atom. The van der Waals surface area contributed by atoms with Crippen LogP contribution in [-0.4, -0.2) is 5.91 Å². The number of anilines is 2. The molecule has 3 nitrogen and oxygen atoms in total. The third kappa shape index (κ3) is 2.21. The molecule has 1 atom stereocenters. The second-order valence-electron chi connectivity index (χ2n) is 5.56. The van der Waals surface area contributed by atoms with Crippen molar-refractivity contribution >= 4 is 28.1 Å². The number of amides is 1. The molecule has 0 bridgehead atoms. The zero-order valence-electron chi connectivity index (χ0n) is 12.0. The maximum absolute atomic E-state index is 12.2. The summed E-state index contributed by atoms with van der Waals surface area (Å²) < 4.78 is 0. The lowest BCUT2D eigenvalue weighted by Crippen LogP contribution is -2.16. The van der Waals surface area contributed by atoms with Crippen molar-refractivity contribution < 1.29 is 4.79 Å². The van der Waals surface area contributed by atoms with Crippen molar-refractivity contribution in [2.75, 3.05) is 10.6 Å². The van der Waals surface area contributed by atoms with Gasteiger partial charge in [-0.15, -0.1) is 0 Å². The van der Waals surface area contributed by atoms with Crippen LogP contribution < -0.4 is 10.6 Å². The molecule has 3 heteroatoms. The molecular weight excluding hydrogens is 272 g/mol. The minimum absolute atomic E-state index is 0.0326. The first-order valence-electron chi connectivity index (χ1n) is 7.44. The van der Waals surface area contributed by atoms with Crippen LogP contribution >= 0.6 is 0 Å². The van der Waals surface area contributed by atoms with E-state index in [0.29, 0.717) is 6.42 Å². The summed E-state index contributed by atoms with van der Waals surface area (Å²) in [5.74, 6) is 0.0374. The smallest absolute Gasteiger partial charge is 0.226 e. The Kier molecular flexibility index (Phi) is 3.04. The molecular formula is C19H16N2O. The number of para-hydroxylation sites is 2. The molecule has 22 heavy (non-hydrogen) atoms. The van der Waals surface area contributed by atoms with Crippen LogP contribution in [-0.2, 0) is 4.79 Å². The Hall–Kier alpha value is -2.81. The largest absolute Gasteiger partial charge is 0.376 e. The number of benzene rings is 3. The minimum atomic E-state index is -0.0326. The SMILES string of the molecule is O=C1C[C@H](c2cccc3ccccc23)Nc2ccccc2N1. The van der Waals surface area contributed by atoms with Crippen LogP contribution in [0.5, 0.6) is 0 Å². The van der Waals surface area contributed by atoms with E-state index in [2.05, 4.69) is 34.9 Å². The van der Waals surface area contributed by atoms with E-state index in [0.717, 1.165) is 16.9 Å². The quantitative estimate of drug-likeness (QED) is 0.699. The van der Waals surface area contributed by atoms with E-state index in [1.54, 1.807) is 0 Å². The lowest BCUT2D eigenvalue weighted by Gasteiger charge is -2.19. The van der Waals surface area contributed by atoms with Gasteiger partial charge in [0.05, 0.1) is 23.8 Å². The summed E-state index contributed by atoms with van der Waals surface area (Å²) in [6.45, 7) is 0. The Bertz CT molecular complexity index is 851. The summed E-state index contributed by atoms with van der Waals surface area (Å²) in [4.78, 5) is 12.2. The van der Waals surface area contributed by atoms with Crippen molar-refractivity contribution in [1.82, 2.24) is 0 Å². The fourth-order valence-electron chi connectivity index (χ4n) is 3.09. The van der Waals surface area contributed by atoms with Crippen LogP contribution in [0.3, 0.4) is 0 Å². The van der Waals surface area contributed by atoms with Gasteiger partial charge in [0.25, 0.3) is 0 Å². The molecule has 0 unspecified atom stereocenters. The molecule has 0 radical (unpaired) electrons. The number of hydrogen-bond donors (Lipinski definition) is 2. The van der Waals surface area contributed by atoms with Crippen molar-refractivity contribution in [1.29, 1.82) is 0 Å². The standard InChI is InChI=1S/C19H16N2O/c22-19-12-18(20-16-10-3-4-11-17(16)21-19)15-9-5-7-13-6-1-2-8-14(13)15/h1-11,18,20H,12H2,(H,21,22)/t18-/m1/s1. The molecule has 1 aliphatic heterocycles. The first-order valence-corrected chi connectivity index (χ1v) is 7.44. The lowest BCUT2D eigenvalue weighted by atomic mass is 9.96. The van der Waals surface area contributed by atoms with E-state index in [1.807, 2.05) is 42.5 Å². The van der Waals surface area contributed by atoms with Crippen molar-refractivity contribution in [3.63, 3.8) is 0 Å². The molecule has 0 aliphatic carbocycles. The topological polar surface area (TPSA) is 41.1 Å².